The molecular weight excluding hydrogens is 356 g/mol. The molecule has 0 amide bonds. The molecule has 0 radical (unpaired) electrons. The summed E-state index contributed by atoms with van der Waals surface area (Å²) in [4.78, 5) is 7.73. The second-order valence-electron chi connectivity index (χ2n) is 6.39. The maximum atomic E-state index is 12.8. The van der Waals surface area contributed by atoms with Gasteiger partial charge < -0.3 is 15.5 Å². The Labute approximate surface area is 154 Å². The van der Waals surface area contributed by atoms with Crippen LogP contribution in [-0.4, -0.2) is 42.2 Å². The van der Waals surface area contributed by atoms with Gasteiger partial charge in [0, 0.05) is 23.6 Å². The molecule has 1 aromatic carbocycles. The predicted molar refractivity (Wildman–Crippen MR) is 95.6 cm³/mol. The number of aromatic nitrogens is 4. The van der Waals surface area contributed by atoms with E-state index in [-0.39, 0.29) is 24.8 Å². The average molecular weight is 375 g/mol. The molecule has 0 saturated heterocycles. The first-order valence-electron chi connectivity index (χ1n) is 8.20. The van der Waals surface area contributed by atoms with E-state index in [0.717, 1.165) is 11.1 Å². The highest BCUT2D eigenvalue weighted by Crippen LogP contribution is 2.24. The van der Waals surface area contributed by atoms with Gasteiger partial charge in [-0.2, -0.15) is 5.10 Å². The zero-order valence-electron chi connectivity index (χ0n) is 14.5. The predicted octanol–water partition coefficient (Wildman–Crippen LogP) is 2.76. The molecule has 2 aromatic heterocycles. The zero-order chi connectivity index (χ0) is 19.4. The Kier molecular flexibility index (Phi) is 5.43. The van der Waals surface area contributed by atoms with Gasteiger partial charge in [0.2, 0.25) is 5.95 Å². The minimum atomic E-state index is -2.66. The van der Waals surface area contributed by atoms with E-state index in [1.165, 1.54) is 19.2 Å². The normalized spacial score (nSPS) is 13.6. The number of aliphatic hydroxyl groups excluding tert-OH is 1. The molecular formula is C18H19F2N5O2. The molecule has 0 saturated carbocycles. The largest absolute Gasteiger partial charge is 0.393 e. The van der Waals surface area contributed by atoms with Crippen LogP contribution in [0.4, 0.5) is 20.4 Å². The van der Waals surface area contributed by atoms with Crippen molar-refractivity contribution in [2.75, 3.05) is 11.9 Å². The third-order valence-electron chi connectivity index (χ3n) is 3.83. The van der Waals surface area contributed by atoms with Gasteiger partial charge in [0.25, 0.3) is 6.43 Å². The number of hydrogen-bond acceptors (Lipinski definition) is 6. The van der Waals surface area contributed by atoms with Crippen LogP contribution in [0.25, 0.3) is 11.1 Å². The van der Waals surface area contributed by atoms with Gasteiger partial charge in [0.05, 0.1) is 19.3 Å². The molecule has 0 fully saturated rings. The summed E-state index contributed by atoms with van der Waals surface area (Å²) in [5.74, 6) is 0.0830. The van der Waals surface area contributed by atoms with Crippen LogP contribution in [0.15, 0.2) is 48.9 Å². The lowest BCUT2D eigenvalue weighted by molar-refractivity contribution is -0.0145. The van der Waals surface area contributed by atoms with Gasteiger partial charge in [0.1, 0.15) is 11.3 Å². The number of alkyl halides is 2. The summed E-state index contributed by atoms with van der Waals surface area (Å²) in [6.45, 7) is 1.29. The second kappa shape index (κ2) is 7.77. The van der Waals surface area contributed by atoms with Gasteiger partial charge in [-0.1, -0.05) is 12.1 Å². The fraction of sp³-hybridized carbons (Fsp3) is 0.278. The maximum absolute atomic E-state index is 12.8. The average Bonchev–Trinajstić information content (AvgIpc) is 3.10. The first kappa shape index (κ1) is 18.9. The van der Waals surface area contributed by atoms with E-state index < -0.39 is 12.0 Å². The third-order valence-corrected chi connectivity index (χ3v) is 3.83. The van der Waals surface area contributed by atoms with E-state index in [4.69, 9.17) is 5.11 Å². The molecule has 9 heteroatoms. The van der Waals surface area contributed by atoms with Crippen molar-refractivity contribution < 1.29 is 19.0 Å². The number of benzene rings is 1. The minimum Gasteiger partial charge on any atom is -0.393 e. The first-order chi connectivity index (χ1) is 12.9. The molecule has 27 heavy (non-hydrogen) atoms. The summed E-state index contributed by atoms with van der Waals surface area (Å²) < 4.78 is 27.1. The second-order valence-corrected chi connectivity index (χ2v) is 6.39. The van der Waals surface area contributed by atoms with Crippen molar-refractivity contribution in [2.24, 2.45) is 0 Å². The van der Waals surface area contributed by atoms with Gasteiger partial charge in [-0.05, 0) is 30.7 Å². The van der Waals surface area contributed by atoms with E-state index in [1.54, 1.807) is 29.2 Å². The standard InChI is InChI=1S/C18H19F2N5O2/c1-18(27,11-26)10-25-9-13(8-22-25)12-3-2-4-14(7-12)23-17-21-6-5-15(24-17)16(19)20/h2-9,16,26-27H,10-11H2,1H3,(H,21,23,24)/t18-/m0/s1. The van der Waals surface area contributed by atoms with Crippen LogP contribution in [0.2, 0.25) is 0 Å². The maximum Gasteiger partial charge on any atom is 0.280 e. The molecule has 7 nitrogen and oxygen atoms in total. The van der Waals surface area contributed by atoms with Crippen LogP contribution in [0.5, 0.6) is 0 Å². The molecule has 0 bridgehead atoms. The number of halogens is 2. The number of anilines is 2. The summed E-state index contributed by atoms with van der Waals surface area (Å²) in [6, 6.07) is 8.41. The molecule has 3 rings (SSSR count). The van der Waals surface area contributed by atoms with Crippen molar-refractivity contribution in [3.63, 3.8) is 0 Å². The van der Waals surface area contributed by atoms with E-state index in [1.807, 2.05) is 12.1 Å². The Hall–Kier alpha value is -2.91. The molecule has 0 unspecified atom stereocenters. The molecule has 1 atom stereocenters. The quantitative estimate of drug-likeness (QED) is 0.588. The van der Waals surface area contributed by atoms with Crippen molar-refractivity contribution >= 4 is 11.6 Å². The van der Waals surface area contributed by atoms with E-state index >= 15 is 0 Å². The van der Waals surface area contributed by atoms with Crippen LogP contribution in [0, 0.1) is 0 Å². The Morgan fingerprint density at radius 2 is 2.07 bits per heavy atom. The molecule has 0 spiro atoms. The van der Waals surface area contributed by atoms with Crippen molar-refractivity contribution in [3.05, 3.63) is 54.6 Å². The van der Waals surface area contributed by atoms with Crippen molar-refractivity contribution in [2.45, 2.75) is 25.5 Å². The highest BCUT2D eigenvalue weighted by atomic mass is 19.3. The molecule has 2 heterocycles. The highest BCUT2D eigenvalue weighted by Gasteiger charge is 2.20. The SMILES string of the molecule is C[C@@](O)(CO)Cn1cc(-c2cccc(Nc3nccc(C(F)F)n3)c2)cn1. The monoisotopic (exact) mass is 375 g/mol. The molecule has 3 N–H and O–H groups in total. The Bertz CT molecular complexity index is 914. The van der Waals surface area contributed by atoms with Crippen LogP contribution in [0.1, 0.15) is 19.0 Å². The zero-order valence-corrected chi connectivity index (χ0v) is 14.5. The van der Waals surface area contributed by atoms with Crippen molar-refractivity contribution in [3.8, 4) is 11.1 Å². The van der Waals surface area contributed by atoms with Crippen molar-refractivity contribution in [1.82, 2.24) is 19.7 Å². The van der Waals surface area contributed by atoms with E-state index in [2.05, 4.69) is 20.4 Å². The summed E-state index contributed by atoms with van der Waals surface area (Å²) in [6.07, 6.45) is 2.00. The fourth-order valence-electron chi connectivity index (χ4n) is 2.46. The van der Waals surface area contributed by atoms with Gasteiger partial charge in [0.15, 0.2) is 0 Å². The third kappa shape index (κ3) is 4.83. The Balaban J connectivity index is 1.78. The lowest BCUT2D eigenvalue weighted by atomic mass is 10.1. The highest BCUT2D eigenvalue weighted by molar-refractivity contribution is 5.68. The Morgan fingerprint density at radius 1 is 1.26 bits per heavy atom. The van der Waals surface area contributed by atoms with E-state index in [9.17, 15) is 13.9 Å². The van der Waals surface area contributed by atoms with Gasteiger partial charge >= 0.3 is 0 Å². The molecule has 3 aromatic rings. The summed E-state index contributed by atoms with van der Waals surface area (Å²) in [7, 11) is 0. The smallest absolute Gasteiger partial charge is 0.280 e. The van der Waals surface area contributed by atoms with Crippen LogP contribution >= 0.6 is 0 Å². The fourth-order valence-corrected chi connectivity index (χ4v) is 2.46. The summed E-state index contributed by atoms with van der Waals surface area (Å²) >= 11 is 0. The lowest BCUT2D eigenvalue weighted by Gasteiger charge is -2.19. The molecule has 142 valence electrons. The molecule has 0 aliphatic heterocycles. The van der Waals surface area contributed by atoms with Crippen LogP contribution in [0.3, 0.4) is 0 Å². The van der Waals surface area contributed by atoms with Gasteiger partial charge in [-0.15, -0.1) is 0 Å². The summed E-state index contributed by atoms with van der Waals surface area (Å²) in [5.41, 5.74) is 0.657. The van der Waals surface area contributed by atoms with Crippen molar-refractivity contribution in [1.29, 1.82) is 0 Å². The first-order valence-corrected chi connectivity index (χ1v) is 8.20. The summed E-state index contributed by atoms with van der Waals surface area (Å²) in [5, 5.41) is 26.2. The van der Waals surface area contributed by atoms with Crippen LogP contribution < -0.4 is 5.32 Å². The number of nitrogens with zero attached hydrogens (tertiary/aromatic N) is 4. The number of nitrogens with one attached hydrogen (secondary N) is 1. The Morgan fingerprint density at radius 3 is 2.81 bits per heavy atom. The molecule has 0 aliphatic carbocycles. The number of aliphatic hydroxyl groups is 2. The topological polar surface area (TPSA) is 96.1 Å². The number of hydrogen-bond donors (Lipinski definition) is 3. The minimum absolute atomic E-state index is 0.0830. The molecule has 0 aliphatic rings. The van der Waals surface area contributed by atoms with Gasteiger partial charge in [-0.3, -0.25) is 4.68 Å². The number of rotatable bonds is 7. The lowest BCUT2D eigenvalue weighted by Crippen LogP contribution is -2.34. The van der Waals surface area contributed by atoms with Gasteiger partial charge in [-0.25, -0.2) is 18.7 Å². The van der Waals surface area contributed by atoms with Crippen LogP contribution in [-0.2, 0) is 6.54 Å². The van der Waals surface area contributed by atoms with E-state index in [0.29, 0.717) is 5.69 Å².